The Morgan fingerprint density at radius 2 is 1.56 bits per heavy atom. The average Bonchev–Trinajstić information content (AvgIpc) is 2.52. The van der Waals surface area contributed by atoms with E-state index in [1.54, 1.807) is 0 Å². The molecule has 0 saturated heterocycles. The molecule has 1 fully saturated rings. The van der Waals surface area contributed by atoms with Crippen molar-refractivity contribution in [2.24, 2.45) is 11.8 Å². The standard InChI is InChI=1S/C14H18O2/c15-9-14(16)12-5-6-13(14)8-11-4-2-1-3-10(11)7-12/h1-4,12-13,15-16H,5-9H2. The van der Waals surface area contributed by atoms with Crippen LogP contribution in [0.3, 0.4) is 0 Å². The van der Waals surface area contributed by atoms with Gasteiger partial charge in [-0.15, -0.1) is 0 Å². The van der Waals surface area contributed by atoms with Crippen LogP contribution >= 0.6 is 0 Å². The molecule has 0 amide bonds. The molecular formula is C14H18O2. The van der Waals surface area contributed by atoms with Gasteiger partial charge in [0.15, 0.2) is 0 Å². The van der Waals surface area contributed by atoms with Gasteiger partial charge in [-0.2, -0.15) is 0 Å². The molecule has 1 saturated carbocycles. The van der Waals surface area contributed by atoms with Crippen LogP contribution in [0.5, 0.6) is 0 Å². The Hall–Kier alpha value is -0.860. The second-order valence-electron chi connectivity index (χ2n) is 5.30. The second kappa shape index (κ2) is 3.57. The highest BCUT2D eigenvalue weighted by molar-refractivity contribution is 5.31. The van der Waals surface area contributed by atoms with Crippen LogP contribution in [0, 0.1) is 11.8 Å². The Morgan fingerprint density at radius 1 is 1.06 bits per heavy atom. The summed E-state index contributed by atoms with van der Waals surface area (Å²) in [5.74, 6) is 0.484. The molecule has 0 aliphatic heterocycles. The fourth-order valence-electron chi connectivity index (χ4n) is 3.54. The smallest absolute Gasteiger partial charge is 0.0939 e. The third-order valence-corrected chi connectivity index (χ3v) is 4.58. The van der Waals surface area contributed by atoms with Gasteiger partial charge >= 0.3 is 0 Å². The van der Waals surface area contributed by atoms with Crippen LogP contribution in [0.25, 0.3) is 0 Å². The van der Waals surface area contributed by atoms with Gasteiger partial charge in [0.05, 0.1) is 12.2 Å². The highest BCUT2D eigenvalue weighted by Gasteiger charge is 2.49. The second-order valence-corrected chi connectivity index (χ2v) is 5.30. The Labute approximate surface area is 95.9 Å². The van der Waals surface area contributed by atoms with E-state index < -0.39 is 5.60 Å². The molecule has 2 unspecified atom stereocenters. The van der Waals surface area contributed by atoms with Crippen LogP contribution in [0.15, 0.2) is 24.3 Å². The van der Waals surface area contributed by atoms with Crippen molar-refractivity contribution < 1.29 is 10.2 Å². The van der Waals surface area contributed by atoms with Crippen molar-refractivity contribution >= 4 is 0 Å². The molecule has 3 rings (SSSR count). The molecule has 2 N–H and O–H groups in total. The predicted molar refractivity (Wildman–Crippen MR) is 62.1 cm³/mol. The van der Waals surface area contributed by atoms with Crippen LogP contribution in [0.4, 0.5) is 0 Å². The van der Waals surface area contributed by atoms with E-state index in [1.807, 2.05) is 0 Å². The quantitative estimate of drug-likeness (QED) is 0.750. The lowest BCUT2D eigenvalue weighted by Gasteiger charge is -2.31. The summed E-state index contributed by atoms with van der Waals surface area (Å²) in [6, 6.07) is 8.45. The van der Waals surface area contributed by atoms with Gasteiger partial charge in [0.2, 0.25) is 0 Å². The lowest BCUT2D eigenvalue weighted by molar-refractivity contribution is -0.0745. The summed E-state index contributed by atoms with van der Waals surface area (Å²) in [6.45, 7) is -0.0870. The molecule has 2 aliphatic carbocycles. The van der Waals surface area contributed by atoms with Gasteiger partial charge in [-0.3, -0.25) is 0 Å². The fraction of sp³-hybridized carbons (Fsp3) is 0.571. The van der Waals surface area contributed by atoms with Gasteiger partial charge in [0.1, 0.15) is 0 Å². The third kappa shape index (κ3) is 1.33. The molecule has 16 heavy (non-hydrogen) atoms. The van der Waals surface area contributed by atoms with Crippen LogP contribution in [0.2, 0.25) is 0 Å². The molecule has 0 spiro atoms. The van der Waals surface area contributed by atoms with Crippen LogP contribution in [-0.2, 0) is 12.8 Å². The van der Waals surface area contributed by atoms with Crippen molar-refractivity contribution in [3.05, 3.63) is 35.4 Å². The molecule has 86 valence electrons. The third-order valence-electron chi connectivity index (χ3n) is 4.58. The number of benzene rings is 1. The molecule has 1 aromatic rings. The molecule has 1 aromatic carbocycles. The van der Waals surface area contributed by atoms with E-state index in [-0.39, 0.29) is 18.4 Å². The summed E-state index contributed by atoms with van der Waals surface area (Å²) in [4.78, 5) is 0. The number of hydrogen-bond acceptors (Lipinski definition) is 2. The van der Waals surface area contributed by atoms with Crippen molar-refractivity contribution in [3.8, 4) is 0 Å². The molecule has 2 heteroatoms. The van der Waals surface area contributed by atoms with Crippen molar-refractivity contribution in [1.29, 1.82) is 0 Å². The zero-order valence-corrected chi connectivity index (χ0v) is 9.39. The van der Waals surface area contributed by atoms with Gasteiger partial charge in [0.25, 0.3) is 0 Å². The summed E-state index contributed by atoms with van der Waals surface area (Å²) in [5.41, 5.74) is 1.89. The molecule has 0 aromatic heterocycles. The molecule has 0 radical (unpaired) electrons. The Bertz CT molecular complexity index is 366. The highest BCUT2D eigenvalue weighted by atomic mass is 16.3. The first-order chi connectivity index (χ1) is 7.74. The van der Waals surface area contributed by atoms with E-state index in [4.69, 9.17) is 0 Å². The molecule has 0 heterocycles. The first kappa shape index (κ1) is 10.3. The van der Waals surface area contributed by atoms with Crippen molar-refractivity contribution in [2.45, 2.75) is 31.3 Å². The van der Waals surface area contributed by atoms with E-state index in [2.05, 4.69) is 24.3 Å². The molecular weight excluding hydrogens is 200 g/mol. The predicted octanol–water partition coefficient (Wildman–Crippen LogP) is 1.53. The summed E-state index contributed by atoms with van der Waals surface area (Å²) in [6.07, 6.45) is 3.94. The first-order valence-electron chi connectivity index (χ1n) is 6.14. The maximum absolute atomic E-state index is 10.6. The molecule has 2 atom stereocenters. The summed E-state index contributed by atoms with van der Waals surface area (Å²) in [7, 11) is 0. The maximum atomic E-state index is 10.6. The molecule has 2 bridgehead atoms. The van der Waals surface area contributed by atoms with E-state index >= 15 is 0 Å². The minimum atomic E-state index is -0.834. The van der Waals surface area contributed by atoms with Gasteiger partial charge in [-0.1, -0.05) is 24.3 Å². The summed E-state index contributed by atoms with van der Waals surface area (Å²) >= 11 is 0. The lowest BCUT2D eigenvalue weighted by Crippen LogP contribution is -2.43. The van der Waals surface area contributed by atoms with Gasteiger partial charge in [-0.25, -0.2) is 0 Å². The van der Waals surface area contributed by atoms with E-state index in [9.17, 15) is 10.2 Å². The van der Waals surface area contributed by atoms with Crippen molar-refractivity contribution in [3.63, 3.8) is 0 Å². The Kier molecular flexibility index (Phi) is 2.30. The van der Waals surface area contributed by atoms with E-state index in [0.717, 1.165) is 25.7 Å². The monoisotopic (exact) mass is 218 g/mol. The van der Waals surface area contributed by atoms with Gasteiger partial charge < -0.3 is 10.2 Å². The summed E-state index contributed by atoms with van der Waals surface area (Å²) in [5, 5.41) is 20.1. The van der Waals surface area contributed by atoms with Crippen molar-refractivity contribution in [1.82, 2.24) is 0 Å². The SMILES string of the molecule is OCC1(O)C2CCC1Cc1ccccc1C2. The highest BCUT2D eigenvalue weighted by Crippen LogP contribution is 2.46. The van der Waals surface area contributed by atoms with Crippen LogP contribution in [0.1, 0.15) is 24.0 Å². The number of fused-ring (bicyclic) bond motifs is 3. The number of rotatable bonds is 1. The molecule has 2 nitrogen and oxygen atoms in total. The largest absolute Gasteiger partial charge is 0.393 e. The van der Waals surface area contributed by atoms with Crippen LogP contribution < -0.4 is 0 Å². The maximum Gasteiger partial charge on any atom is 0.0939 e. The van der Waals surface area contributed by atoms with Gasteiger partial charge in [0, 0.05) is 0 Å². The minimum absolute atomic E-state index is 0.0870. The van der Waals surface area contributed by atoms with E-state index in [1.165, 1.54) is 11.1 Å². The van der Waals surface area contributed by atoms with Gasteiger partial charge in [-0.05, 0) is 48.6 Å². The lowest BCUT2D eigenvalue weighted by atomic mass is 9.83. The van der Waals surface area contributed by atoms with Crippen molar-refractivity contribution in [2.75, 3.05) is 6.61 Å². The Morgan fingerprint density at radius 3 is 2.00 bits per heavy atom. The topological polar surface area (TPSA) is 40.5 Å². The number of aliphatic hydroxyl groups excluding tert-OH is 1. The Balaban J connectivity index is 2.03. The number of aliphatic hydroxyl groups is 2. The normalized spacial score (nSPS) is 36.9. The zero-order chi connectivity index (χ0) is 11.2. The number of hydrogen-bond donors (Lipinski definition) is 2. The molecule has 2 aliphatic rings. The summed E-state index contributed by atoms with van der Waals surface area (Å²) < 4.78 is 0. The minimum Gasteiger partial charge on any atom is -0.393 e. The zero-order valence-electron chi connectivity index (χ0n) is 9.39. The average molecular weight is 218 g/mol. The fourth-order valence-corrected chi connectivity index (χ4v) is 3.54. The van der Waals surface area contributed by atoms with E-state index in [0.29, 0.717) is 0 Å². The first-order valence-corrected chi connectivity index (χ1v) is 6.14. The van der Waals surface area contributed by atoms with Crippen LogP contribution in [-0.4, -0.2) is 22.4 Å².